The van der Waals surface area contributed by atoms with E-state index < -0.39 is 10.0 Å². The van der Waals surface area contributed by atoms with E-state index in [1.54, 1.807) is 7.05 Å². The van der Waals surface area contributed by atoms with Crippen LogP contribution in [-0.4, -0.2) is 34.1 Å². The lowest BCUT2D eigenvalue weighted by atomic mass is 9.92. The molecule has 2 rings (SSSR count). The topological polar surface area (TPSA) is 89.8 Å². The van der Waals surface area contributed by atoms with E-state index in [0.717, 1.165) is 10.1 Å². The van der Waals surface area contributed by atoms with Crippen molar-refractivity contribution in [3.05, 3.63) is 11.9 Å². The minimum absolute atomic E-state index is 0.169. The number of hydrogen-bond acceptors (Lipinski definition) is 7. The van der Waals surface area contributed by atoms with E-state index in [4.69, 9.17) is 0 Å². The number of anilines is 1. The third-order valence-electron chi connectivity index (χ3n) is 2.69. The molecule has 22 heavy (non-hydrogen) atoms. The van der Waals surface area contributed by atoms with Crippen molar-refractivity contribution >= 4 is 38.3 Å². The number of thioether (sulfide) groups is 1. The number of sulfonamides is 1. The summed E-state index contributed by atoms with van der Waals surface area (Å²) in [5, 5.41) is 12.4. The molecule has 2 aromatic heterocycles. The highest BCUT2D eigenvalue weighted by molar-refractivity contribution is 8.01. The molecule has 0 aliphatic carbocycles. The summed E-state index contributed by atoms with van der Waals surface area (Å²) in [6.45, 7) is 7.78. The van der Waals surface area contributed by atoms with Crippen molar-refractivity contribution in [1.29, 1.82) is 0 Å². The number of hydrogen-bond donors (Lipinski definition) is 1. The Labute approximate surface area is 138 Å². The van der Waals surface area contributed by atoms with Gasteiger partial charge in [0.1, 0.15) is 4.90 Å². The van der Waals surface area contributed by atoms with Gasteiger partial charge in [-0.3, -0.25) is 9.40 Å². The number of nitrogens with one attached hydrogen (secondary N) is 1. The Morgan fingerprint density at radius 2 is 2.05 bits per heavy atom. The first-order chi connectivity index (χ1) is 10.1. The Morgan fingerprint density at radius 1 is 1.36 bits per heavy atom. The molecule has 7 nitrogen and oxygen atoms in total. The Bertz CT molecular complexity index is 758. The van der Waals surface area contributed by atoms with Gasteiger partial charge in [-0.1, -0.05) is 50.8 Å². The van der Waals surface area contributed by atoms with Gasteiger partial charge in [0, 0.05) is 18.7 Å². The van der Waals surface area contributed by atoms with Crippen molar-refractivity contribution in [2.24, 2.45) is 7.05 Å². The summed E-state index contributed by atoms with van der Waals surface area (Å²) in [5.74, 6) is 0.859. The van der Waals surface area contributed by atoms with Crippen LogP contribution in [0.5, 0.6) is 0 Å². The van der Waals surface area contributed by atoms with Crippen LogP contribution >= 0.6 is 23.1 Å². The van der Waals surface area contributed by atoms with E-state index in [-0.39, 0.29) is 15.4 Å². The zero-order valence-electron chi connectivity index (χ0n) is 13.1. The maximum absolute atomic E-state index is 12.6. The molecule has 0 atom stereocenters. The fourth-order valence-corrected chi connectivity index (χ4v) is 5.06. The van der Waals surface area contributed by atoms with Gasteiger partial charge < -0.3 is 0 Å². The second-order valence-corrected chi connectivity index (χ2v) is 9.82. The molecular formula is C12H19N5O2S3. The smallest absolute Gasteiger partial charge is 0.267 e. The van der Waals surface area contributed by atoms with E-state index >= 15 is 0 Å². The first-order valence-corrected chi connectivity index (χ1v) is 9.95. The number of aryl methyl sites for hydroxylation is 1. The molecule has 0 aliphatic heterocycles. The van der Waals surface area contributed by atoms with Crippen molar-refractivity contribution in [2.45, 2.75) is 42.3 Å². The van der Waals surface area contributed by atoms with E-state index in [0.29, 0.717) is 5.69 Å². The summed E-state index contributed by atoms with van der Waals surface area (Å²) in [6.07, 6.45) is 1.51. The number of nitrogens with zero attached hydrogens (tertiary/aromatic N) is 4. The predicted molar refractivity (Wildman–Crippen MR) is 89.0 cm³/mol. The van der Waals surface area contributed by atoms with Gasteiger partial charge in [0.25, 0.3) is 10.0 Å². The van der Waals surface area contributed by atoms with Crippen LogP contribution in [0.4, 0.5) is 5.13 Å². The molecule has 2 aromatic rings. The van der Waals surface area contributed by atoms with E-state index in [9.17, 15) is 8.42 Å². The zero-order chi connectivity index (χ0) is 16.5. The van der Waals surface area contributed by atoms with Crippen LogP contribution in [0.3, 0.4) is 0 Å². The van der Waals surface area contributed by atoms with Gasteiger partial charge >= 0.3 is 0 Å². The molecule has 0 aliphatic rings. The van der Waals surface area contributed by atoms with Crippen molar-refractivity contribution in [3.8, 4) is 0 Å². The molecule has 10 heteroatoms. The molecule has 1 N–H and O–H groups in total. The Kier molecular flexibility index (Phi) is 4.83. The normalized spacial score (nSPS) is 12.6. The third-order valence-corrected chi connectivity index (χ3v) is 6.01. The summed E-state index contributed by atoms with van der Waals surface area (Å²) in [6, 6.07) is 0. The molecule has 0 saturated carbocycles. The standard InChI is InChI=1S/C12H19N5O2S3/c1-6-20-11-14-13-10(21-11)16-22(18,19)8-7-17(5)15-9(8)12(2,3)4/h7H,6H2,1-5H3,(H,13,16). The van der Waals surface area contributed by atoms with Crippen LogP contribution in [-0.2, 0) is 22.5 Å². The predicted octanol–water partition coefficient (Wildman–Crippen LogP) is 2.48. The van der Waals surface area contributed by atoms with Crippen molar-refractivity contribution in [3.63, 3.8) is 0 Å². The average Bonchev–Trinajstić information content (AvgIpc) is 2.96. The third kappa shape index (κ3) is 3.79. The van der Waals surface area contributed by atoms with E-state index in [1.807, 2.05) is 27.7 Å². The maximum Gasteiger partial charge on any atom is 0.267 e. The highest BCUT2D eigenvalue weighted by Crippen LogP contribution is 2.30. The van der Waals surface area contributed by atoms with Crippen molar-refractivity contribution in [2.75, 3.05) is 10.5 Å². The Balaban J connectivity index is 2.34. The lowest BCUT2D eigenvalue weighted by Crippen LogP contribution is -2.20. The highest BCUT2D eigenvalue weighted by Gasteiger charge is 2.30. The van der Waals surface area contributed by atoms with Gasteiger partial charge in [-0.2, -0.15) is 5.10 Å². The van der Waals surface area contributed by atoms with Crippen LogP contribution in [0, 0.1) is 0 Å². The summed E-state index contributed by atoms with van der Waals surface area (Å²) >= 11 is 2.75. The first kappa shape index (κ1) is 17.2. The molecule has 0 unspecified atom stereocenters. The highest BCUT2D eigenvalue weighted by atomic mass is 32.2. The Hall–Kier alpha value is -1.13. The summed E-state index contributed by atoms with van der Waals surface area (Å²) in [7, 11) is -2.04. The minimum atomic E-state index is -3.74. The van der Waals surface area contributed by atoms with Gasteiger partial charge in [-0.05, 0) is 5.75 Å². The molecule has 0 saturated heterocycles. The summed E-state index contributed by atoms with van der Waals surface area (Å²) in [4.78, 5) is 0.169. The van der Waals surface area contributed by atoms with Gasteiger partial charge in [0.15, 0.2) is 4.34 Å². The van der Waals surface area contributed by atoms with Crippen LogP contribution in [0.25, 0.3) is 0 Å². The SMILES string of the molecule is CCSc1nnc(NS(=O)(=O)c2cn(C)nc2C(C)(C)C)s1. The monoisotopic (exact) mass is 361 g/mol. The van der Waals surface area contributed by atoms with Crippen LogP contribution < -0.4 is 4.72 Å². The van der Waals surface area contributed by atoms with E-state index in [1.165, 1.54) is 34.0 Å². The molecule has 0 aromatic carbocycles. The van der Waals surface area contributed by atoms with Crippen molar-refractivity contribution in [1.82, 2.24) is 20.0 Å². The summed E-state index contributed by atoms with van der Waals surface area (Å²) < 4.78 is 30.0. The zero-order valence-corrected chi connectivity index (χ0v) is 15.6. The largest absolute Gasteiger partial charge is 0.274 e. The van der Waals surface area contributed by atoms with E-state index in [2.05, 4.69) is 20.0 Å². The Morgan fingerprint density at radius 3 is 2.64 bits per heavy atom. The number of rotatable bonds is 5. The molecule has 122 valence electrons. The number of aromatic nitrogens is 4. The van der Waals surface area contributed by atoms with Crippen LogP contribution in [0.15, 0.2) is 15.4 Å². The second-order valence-electron chi connectivity index (χ2n) is 5.68. The second kappa shape index (κ2) is 6.17. The van der Waals surface area contributed by atoms with Crippen molar-refractivity contribution < 1.29 is 8.42 Å². The quantitative estimate of drug-likeness (QED) is 0.823. The van der Waals surface area contributed by atoms with Crippen LogP contribution in [0.2, 0.25) is 0 Å². The molecule has 0 bridgehead atoms. The average molecular weight is 362 g/mol. The molecule has 0 radical (unpaired) electrons. The summed E-state index contributed by atoms with van der Waals surface area (Å²) in [5.41, 5.74) is 0.144. The fraction of sp³-hybridized carbons (Fsp3) is 0.583. The van der Waals surface area contributed by atoms with Gasteiger partial charge in [0.2, 0.25) is 5.13 Å². The van der Waals surface area contributed by atoms with Gasteiger partial charge in [-0.15, -0.1) is 10.2 Å². The van der Waals surface area contributed by atoms with Gasteiger partial charge in [-0.25, -0.2) is 8.42 Å². The molecule has 0 fully saturated rings. The molecule has 0 amide bonds. The van der Waals surface area contributed by atoms with Crippen LogP contribution in [0.1, 0.15) is 33.4 Å². The maximum atomic E-state index is 12.6. The minimum Gasteiger partial charge on any atom is -0.274 e. The lowest BCUT2D eigenvalue weighted by Gasteiger charge is -2.17. The molecule has 0 spiro atoms. The lowest BCUT2D eigenvalue weighted by molar-refractivity contribution is 0.539. The first-order valence-electron chi connectivity index (χ1n) is 6.66. The fourth-order valence-electron chi connectivity index (χ4n) is 1.79. The molecular weight excluding hydrogens is 342 g/mol. The molecule has 2 heterocycles. The van der Waals surface area contributed by atoms with Gasteiger partial charge in [0.05, 0.1) is 5.69 Å².